The first kappa shape index (κ1) is 20.2. The minimum atomic E-state index is 0. The van der Waals surface area contributed by atoms with Crippen molar-refractivity contribution in [3.8, 4) is 0 Å². The van der Waals surface area contributed by atoms with Gasteiger partial charge in [0.25, 0.3) is 0 Å². The van der Waals surface area contributed by atoms with Crippen LogP contribution in [0.4, 0.5) is 0 Å². The van der Waals surface area contributed by atoms with Gasteiger partial charge in [-0.15, -0.1) is 35.6 Å². The second kappa shape index (κ2) is 8.99. The van der Waals surface area contributed by atoms with Crippen LogP contribution < -0.4 is 12.4 Å². The van der Waals surface area contributed by atoms with Crippen molar-refractivity contribution in [3.63, 3.8) is 0 Å². The molecule has 0 N–H and O–H groups in total. The summed E-state index contributed by atoms with van der Waals surface area (Å²) in [5.74, 6) is 0. The third kappa shape index (κ3) is 5.38. The number of hydrogen-bond donors (Lipinski definition) is 0. The smallest absolute Gasteiger partial charge is 1.00 e. The second-order valence-electron chi connectivity index (χ2n) is 1.58. The first-order valence-corrected chi connectivity index (χ1v) is 3.85. The molecule has 0 heterocycles. The van der Waals surface area contributed by atoms with Crippen LogP contribution in [0.15, 0.2) is 6.07 Å². The summed E-state index contributed by atoms with van der Waals surface area (Å²) in [6.07, 6.45) is 0. The van der Waals surface area contributed by atoms with Crippen molar-refractivity contribution in [2.24, 2.45) is 0 Å². The Morgan fingerprint density at radius 2 is 1.46 bits per heavy atom. The molecule has 0 aliphatic carbocycles. The molecule has 0 atom stereocenters. The average Bonchev–Trinajstić information content (AvgIpc) is 1.93. The van der Waals surface area contributed by atoms with E-state index in [-0.39, 0.29) is 62.9 Å². The van der Waals surface area contributed by atoms with Gasteiger partial charge in [-0.25, -0.2) is 0 Å². The molecule has 0 aliphatic rings. The fourth-order valence-corrected chi connectivity index (χ4v) is 1.15. The molecule has 1 rings (SSSR count). The van der Waals surface area contributed by atoms with Gasteiger partial charge in [-0.1, -0.05) is 10.0 Å². The van der Waals surface area contributed by atoms with E-state index in [0.29, 0.717) is 5.02 Å². The van der Waals surface area contributed by atoms with Gasteiger partial charge in [-0.2, -0.15) is 35.3 Å². The van der Waals surface area contributed by atoms with Crippen molar-refractivity contribution in [1.82, 2.24) is 0 Å². The molecule has 7 heteroatoms. The molecule has 0 nitrogen and oxygen atoms in total. The molecule has 0 saturated carbocycles. The third-order valence-electron chi connectivity index (χ3n) is 0.921. The van der Waals surface area contributed by atoms with Gasteiger partial charge < -0.3 is 12.4 Å². The first-order valence-electron chi connectivity index (χ1n) is 2.33. The summed E-state index contributed by atoms with van der Waals surface area (Å²) < 4.78 is 0. The molecule has 0 radical (unpaired) electrons. The van der Waals surface area contributed by atoms with Crippen molar-refractivity contribution < 1.29 is 12.4 Å². The van der Waals surface area contributed by atoms with Gasteiger partial charge in [0.1, 0.15) is 0 Å². The molecule has 0 fully saturated rings. The Balaban J connectivity index is -0.000000333. The van der Waals surface area contributed by atoms with Crippen LogP contribution in [0.2, 0.25) is 20.1 Å². The maximum Gasteiger partial charge on any atom is 2.00 e. The van der Waals surface area contributed by atoms with Crippen LogP contribution in [0.3, 0.4) is 0 Å². The molecule has 0 spiro atoms. The van der Waals surface area contributed by atoms with Crippen molar-refractivity contribution >= 4 is 81.9 Å². The molecular weight excluding hydrogens is 309 g/mol. The van der Waals surface area contributed by atoms with Crippen molar-refractivity contribution in [1.29, 1.82) is 0 Å². The number of rotatable bonds is 0. The minimum Gasteiger partial charge on any atom is -1.00 e. The summed E-state index contributed by atoms with van der Waals surface area (Å²) in [5, 5.41) is 1.16. The van der Waals surface area contributed by atoms with Gasteiger partial charge in [0.05, 0.1) is 0 Å². The summed E-state index contributed by atoms with van der Waals surface area (Å²) >= 11 is 22.4. The molecule has 0 saturated heterocycles. The van der Waals surface area contributed by atoms with Crippen molar-refractivity contribution in [3.05, 3.63) is 32.2 Å². The van der Waals surface area contributed by atoms with E-state index in [1.807, 2.05) is 0 Å². The largest absolute Gasteiger partial charge is 2.00 e. The maximum absolute atomic E-state index is 5.61. The predicted molar refractivity (Wildman–Crippen MR) is 58.3 cm³/mol. The van der Waals surface area contributed by atoms with Crippen LogP contribution in [-0.2, 0) is 0 Å². The Morgan fingerprint density at radius 1 is 1.00 bits per heavy atom. The predicted octanol–water partition coefficient (Wildman–Crippen LogP) is 1.15. The molecule has 0 bridgehead atoms. The molecule has 0 unspecified atom stereocenters. The van der Waals surface area contributed by atoms with E-state index in [9.17, 15) is 0 Å². The van der Waals surface area contributed by atoms with Crippen molar-refractivity contribution in [2.75, 3.05) is 0 Å². The Bertz CT molecular complexity index is 237. The van der Waals surface area contributed by atoms with Gasteiger partial charge in [-0.3, -0.25) is 0 Å². The molecule has 70 valence electrons. The zero-order chi connectivity index (χ0) is 7.72. The number of benzene rings is 1. The maximum atomic E-state index is 5.61. The summed E-state index contributed by atoms with van der Waals surface area (Å²) in [7, 11) is 0. The fourth-order valence-electron chi connectivity index (χ4n) is 0.455. The van der Waals surface area contributed by atoms with E-state index in [1.165, 1.54) is 6.07 Å². The van der Waals surface area contributed by atoms with E-state index in [4.69, 9.17) is 46.4 Å². The monoisotopic (exact) mass is 308 g/mol. The summed E-state index contributed by atoms with van der Waals surface area (Å²) in [6.45, 7) is 0. The van der Waals surface area contributed by atoms with E-state index < -0.39 is 0 Å². The Hall–Kier alpha value is 1.73. The van der Waals surface area contributed by atoms with Crippen LogP contribution >= 0.6 is 58.8 Å². The Morgan fingerprint density at radius 3 is 1.85 bits per heavy atom. The molecular formula is C6H2Cl6Mg. The quantitative estimate of drug-likeness (QED) is 0.292. The zero-order valence-corrected chi connectivity index (χ0v) is 12.1. The third-order valence-corrected chi connectivity index (χ3v) is 2.58. The van der Waals surface area contributed by atoms with Gasteiger partial charge >= 0.3 is 23.1 Å². The van der Waals surface area contributed by atoms with E-state index >= 15 is 0 Å². The van der Waals surface area contributed by atoms with Gasteiger partial charge in [0.2, 0.25) is 0 Å². The van der Waals surface area contributed by atoms with Gasteiger partial charge in [0.15, 0.2) is 0 Å². The van der Waals surface area contributed by atoms with Crippen LogP contribution in [0.25, 0.3) is 0 Å². The van der Waals surface area contributed by atoms with Crippen LogP contribution in [-0.4, -0.2) is 23.1 Å². The molecule has 13 heavy (non-hydrogen) atoms. The average molecular weight is 311 g/mol. The Labute approximate surface area is 125 Å². The van der Waals surface area contributed by atoms with E-state index in [0.717, 1.165) is 0 Å². The number of halogens is 6. The van der Waals surface area contributed by atoms with Crippen LogP contribution in [0.1, 0.15) is 0 Å². The summed E-state index contributed by atoms with van der Waals surface area (Å²) in [5.41, 5.74) is 0. The standard InChI is InChI=1S/C6HCl4.2ClH.Mg/c7-3-1-2-4(8)6(10)5(3)9;;;/h1H;2*1H;/q-1;;;+2/p-1. The van der Waals surface area contributed by atoms with Crippen LogP contribution in [0, 0.1) is 6.07 Å². The SMILES string of the molecule is Cl.Clc1[c-]cc(Cl)c(Cl)c1Cl.[Cl-].[Mg+2]. The van der Waals surface area contributed by atoms with Gasteiger partial charge in [-0.05, 0) is 10.0 Å². The molecule has 0 amide bonds. The zero-order valence-electron chi connectivity index (χ0n) is 6.08. The molecule has 1 aromatic carbocycles. The van der Waals surface area contributed by atoms with Crippen LogP contribution in [0.5, 0.6) is 0 Å². The topological polar surface area (TPSA) is 0 Å². The van der Waals surface area contributed by atoms with Crippen molar-refractivity contribution in [2.45, 2.75) is 0 Å². The van der Waals surface area contributed by atoms with E-state index in [2.05, 4.69) is 6.07 Å². The number of hydrogen-bond acceptors (Lipinski definition) is 0. The molecule has 0 aliphatic heterocycles. The van der Waals surface area contributed by atoms with Gasteiger partial charge in [0, 0.05) is 0 Å². The molecule has 1 aromatic rings. The minimum absolute atomic E-state index is 0. The fraction of sp³-hybridized carbons (Fsp3) is 0. The normalized spacial score (nSPS) is 7.69. The Kier molecular flexibility index (Phi) is 14.0. The van der Waals surface area contributed by atoms with E-state index in [1.54, 1.807) is 0 Å². The molecule has 0 aromatic heterocycles. The second-order valence-corrected chi connectivity index (χ2v) is 3.12. The summed E-state index contributed by atoms with van der Waals surface area (Å²) in [6, 6.07) is 4.10. The summed E-state index contributed by atoms with van der Waals surface area (Å²) in [4.78, 5) is 0. The first-order chi connectivity index (χ1) is 4.63.